The van der Waals surface area contributed by atoms with E-state index in [2.05, 4.69) is 29.9 Å². The van der Waals surface area contributed by atoms with Crippen LogP contribution in [0.1, 0.15) is 13.8 Å². The number of hydrogen-bond acceptors (Lipinski definition) is 12. The second-order valence-corrected chi connectivity index (χ2v) is 6.17. The monoisotopic (exact) mass is 419 g/mol. The van der Waals surface area contributed by atoms with E-state index in [0.29, 0.717) is 38.2 Å². The summed E-state index contributed by atoms with van der Waals surface area (Å²) in [7, 11) is 1.28. The van der Waals surface area contributed by atoms with Crippen molar-refractivity contribution in [2.24, 2.45) is 0 Å². The van der Waals surface area contributed by atoms with E-state index in [-0.39, 0.29) is 24.4 Å². The summed E-state index contributed by atoms with van der Waals surface area (Å²) in [6, 6.07) is 3.20. The van der Waals surface area contributed by atoms with Crippen LogP contribution in [0.2, 0.25) is 0 Å². The summed E-state index contributed by atoms with van der Waals surface area (Å²) in [6.07, 6.45) is 0. The van der Waals surface area contributed by atoms with Gasteiger partial charge in [-0.05, 0) is 13.8 Å². The van der Waals surface area contributed by atoms with Crippen molar-refractivity contribution in [2.75, 3.05) is 62.9 Å². The highest BCUT2D eigenvalue weighted by atomic mass is 16.6. The number of methoxy groups -OCH3 is 1. The molecular formula is C18H25N7O5. The van der Waals surface area contributed by atoms with E-state index >= 15 is 0 Å². The van der Waals surface area contributed by atoms with Crippen LogP contribution in [0.25, 0.3) is 0 Å². The highest BCUT2D eigenvalue weighted by Gasteiger charge is 2.19. The Morgan fingerprint density at radius 3 is 2.43 bits per heavy atom. The fraction of sp³-hybridized carbons (Fsp3) is 0.556. The molecule has 2 aromatic rings. The molecule has 0 spiro atoms. The molecule has 1 aliphatic heterocycles. The number of carbonyl (C=O) groups is 1. The van der Waals surface area contributed by atoms with Crippen molar-refractivity contribution in [1.82, 2.24) is 25.1 Å². The summed E-state index contributed by atoms with van der Waals surface area (Å²) >= 11 is 0. The fourth-order valence-electron chi connectivity index (χ4n) is 2.66. The lowest BCUT2D eigenvalue weighted by Gasteiger charge is -2.28. The SMILES string of the molecule is CCN(CC)c1nc(Oc2ccc(OCC(=O)OC)nn2)nc(N2CCOCC2)n1. The zero-order valence-corrected chi connectivity index (χ0v) is 17.3. The number of aromatic nitrogens is 5. The number of rotatable bonds is 9. The van der Waals surface area contributed by atoms with E-state index in [1.165, 1.54) is 13.2 Å². The van der Waals surface area contributed by atoms with E-state index in [1.54, 1.807) is 6.07 Å². The minimum Gasteiger partial charge on any atom is -0.466 e. The first kappa shape index (κ1) is 21.4. The summed E-state index contributed by atoms with van der Waals surface area (Å²) in [4.78, 5) is 28.6. The van der Waals surface area contributed by atoms with E-state index in [0.717, 1.165) is 13.1 Å². The maximum absolute atomic E-state index is 11.1. The molecule has 30 heavy (non-hydrogen) atoms. The summed E-state index contributed by atoms with van der Waals surface area (Å²) in [5.74, 6) is 0.891. The standard InChI is InChI=1S/C18H25N7O5/c1-4-24(5-2)16-19-17(25-8-10-28-11-9-25)21-18(20-16)30-14-7-6-13(22-23-14)29-12-15(26)27-3/h6-7H,4-5,8-12H2,1-3H3. The van der Waals surface area contributed by atoms with E-state index in [9.17, 15) is 4.79 Å². The van der Waals surface area contributed by atoms with Gasteiger partial charge in [0.1, 0.15) is 0 Å². The van der Waals surface area contributed by atoms with Gasteiger partial charge in [-0.2, -0.15) is 15.0 Å². The van der Waals surface area contributed by atoms with Gasteiger partial charge in [-0.15, -0.1) is 10.2 Å². The van der Waals surface area contributed by atoms with Gasteiger partial charge < -0.3 is 28.7 Å². The van der Waals surface area contributed by atoms with Gasteiger partial charge in [-0.1, -0.05) is 0 Å². The van der Waals surface area contributed by atoms with E-state index < -0.39 is 5.97 Å². The summed E-state index contributed by atoms with van der Waals surface area (Å²) in [6.45, 7) is 7.89. The summed E-state index contributed by atoms with van der Waals surface area (Å²) in [5.41, 5.74) is 0. The van der Waals surface area contributed by atoms with Crippen LogP contribution in [0.5, 0.6) is 17.8 Å². The molecule has 0 atom stereocenters. The number of morpholine rings is 1. The van der Waals surface area contributed by atoms with Gasteiger partial charge in [-0.3, -0.25) is 0 Å². The molecule has 0 bridgehead atoms. The first-order valence-corrected chi connectivity index (χ1v) is 9.67. The Balaban J connectivity index is 1.78. The van der Waals surface area contributed by atoms with Crippen molar-refractivity contribution in [3.8, 4) is 17.8 Å². The topological polar surface area (TPSA) is 125 Å². The Kier molecular flexibility index (Phi) is 7.49. The maximum Gasteiger partial charge on any atom is 0.343 e. The van der Waals surface area contributed by atoms with Crippen LogP contribution in [0.15, 0.2) is 12.1 Å². The van der Waals surface area contributed by atoms with Crippen LogP contribution < -0.4 is 19.3 Å². The number of ether oxygens (including phenoxy) is 4. The van der Waals surface area contributed by atoms with Gasteiger partial charge in [0.25, 0.3) is 0 Å². The van der Waals surface area contributed by atoms with Crippen LogP contribution in [0.4, 0.5) is 11.9 Å². The Bertz CT molecular complexity index is 826. The molecule has 0 amide bonds. The number of nitrogens with zero attached hydrogens (tertiary/aromatic N) is 7. The summed E-state index contributed by atoms with van der Waals surface area (Å²) in [5, 5.41) is 7.81. The largest absolute Gasteiger partial charge is 0.466 e. The number of anilines is 2. The molecule has 12 nitrogen and oxygen atoms in total. The Morgan fingerprint density at radius 2 is 1.80 bits per heavy atom. The fourth-order valence-corrected chi connectivity index (χ4v) is 2.66. The van der Waals surface area contributed by atoms with Gasteiger partial charge in [0.05, 0.1) is 20.3 Å². The molecule has 0 N–H and O–H groups in total. The van der Waals surface area contributed by atoms with Crippen molar-refractivity contribution >= 4 is 17.9 Å². The predicted molar refractivity (Wildman–Crippen MR) is 106 cm³/mol. The van der Waals surface area contributed by atoms with Gasteiger partial charge >= 0.3 is 12.0 Å². The average Bonchev–Trinajstić information content (AvgIpc) is 2.79. The third kappa shape index (κ3) is 5.63. The molecule has 162 valence electrons. The molecule has 1 aliphatic rings. The maximum atomic E-state index is 11.1. The van der Waals surface area contributed by atoms with Crippen LogP contribution in [-0.2, 0) is 14.3 Å². The van der Waals surface area contributed by atoms with Gasteiger partial charge in [0, 0.05) is 38.3 Å². The highest BCUT2D eigenvalue weighted by Crippen LogP contribution is 2.22. The lowest BCUT2D eigenvalue weighted by Crippen LogP contribution is -2.38. The first-order chi connectivity index (χ1) is 14.6. The van der Waals surface area contributed by atoms with Crippen LogP contribution in [-0.4, -0.2) is 84.2 Å². The number of hydrogen-bond donors (Lipinski definition) is 0. The molecule has 3 rings (SSSR count). The number of esters is 1. The van der Waals surface area contributed by atoms with E-state index in [1.807, 2.05) is 23.6 Å². The van der Waals surface area contributed by atoms with E-state index in [4.69, 9.17) is 14.2 Å². The Hall–Kier alpha value is -3.28. The quantitative estimate of drug-likeness (QED) is 0.531. The average molecular weight is 419 g/mol. The van der Waals surface area contributed by atoms with Crippen molar-refractivity contribution < 1.29 is 23.7 Å². The molecule has 3 heterocycles. The molecule has 1 saturated heterocycles. The molecule has 0 radical (unpaired) electrons. The van der Waals surface area contributed by atoms with Gasteiger partial charge in [0.2, 0.25) is 23.7 Å². The van der Waals surface area contributed by atoms with Crippen molar-refractivity contribution in [3.63, 3.8) is 0 Å². The first-order valence-electron chi connectivity index (χ1n) is 9.67. The van der Waals surface area contributed by atoms with Crippen molar-refractivity contribution in [2.45, 2.75) is 13.8 Å². The number of carbonyl (C=O) groups excluding carboxylic acids is 1. The van der Waals surface area contributed by atoms with Crippen molar-refractivity contribution in [3.05, 3.63) is 12.1 Å². The molecule has 2 aromatic heterocycles. The van der Waals surface area contributed by atoms with Crippen LogP contribution in [0.3, 0.4) is 0 Å². The molecule has 12 heteroatoms. The minimum absolute atomic E-state index is 0.117. The minimum atomic E-state index is -0.512. The van der Waals surface area contributed by atoms with Crippen LogP contribution in [0, 0.1) is 0 Å². The molecule has 0 unspecified atom stereocenters. The predicted octanol–water partition coefficient (Wildman–Crippen LogP) is 0.688. The van der Waals surface area contributed by atoms with Gasteiger partial charge in [-0.25, -0.2) is 4.79 Å². The third-order valence-corrected chi connectivity index (χ3v) is 4.31. The molecule has 0 aliphatic carbocycles. The molecule has 0 saturated carbocycles. The Morgan fingerprint density at radius 1 is 1.10 bits per heavy atom. The lowest BCUT2D eigenvalue weighted by atomic mass is 10.4. The normalized spacial score (nSPS) is 13.6. The zero-order valence-electron chi connectivity index (χ0n) is 17.3. The molecule has 1 fully saturated rings. The second kappa shape index (κ2) is 10.5. The van der Waals surface area contributed by atoms with Crippen LogP contribution >= 0.6 is 0 Å². The molecular weight excluding hydrogens is 394 g/mol. The van der Waals surface area contributed by atoms with Crippen molar-refractivity contribution in [1.29, 1.82) is 0 Å². The third-order valence-electron chi connectivity index (χ3n) is 4.31. The van der Waals surface area contributed by atoms with Gasteiger partial charge in [0.15, 0.2) is 6.61 Å². The molecule has 0 aromatic carbocycles. The zero-order chi connectivity index (χ0) is 21.3. The Labute approximate surface area is 174 Å². The second-order valence-electron chi connectivity index (χ2n) is 6.17. The summed E-state index contributed by atoms with van der Waals surface area (Å²) < 4.78 is 20.8. The smallest absolute Gasteiger partial charge is 0.343 e. The lowest BCUT2D eigenvalue weighted by molar-refractivity contribution is -0.143. The highest BCUT2D eigenvalue weighted by molar-refractivity contribution is 5.70.